The van der Waals surface area contributed by atoms with E-state index in [1.807, 2.05) is 0 Å². The van der Waals surface area contributed by atoms with Gasteiger partial charge in [0.25, 0.3) is 5.56 Å². The van der Waals surface area contributed by atoms with E-state index in [9.17, 15) is 44.3 Å². The Bertz CT molecular complexity index is 1700. The van der Waals surface area contributed by atoms with Crippen LogP contribution in [-0.2, 0) is 31.6 Å². The molecule has 2 aromatic carbocycles. The number of fused-ring (bicyclic) bond motifs is 1. The average Bonchev–Trinajstić information content (AvgIpc) is 2.86. The van der Waals surface area contributed by atoms with Gasteiger partial charge in [-0.15, -0.1) is 0 Å². The molecule has 0 saturated carbocycles. The number of alkyl halides is 5. The lowest BCUT2D eigenvalue weighted by molar-refractivity contribution is -0.199. The molecule has 1 aliphatic rings. The molecule has 0 unspecified atom stereocenters. The van der Waals surface area contributed by atoms with Crippen molar-refractivity contribution in [1.82, 2.24) is 13.9 Å². The lowest BCUT2D eigenvalue weighted by Gasteiger charge is -2.40. The summed E-state index contributed by atoms with van der Waals surface area (Å²) in [6, 6.07) is 3.86. The summed E-state index contributed by atoms with van der Waals surface area (Å²) >= 11 is 12.6. The Morgan fingerprint density at radius 3 is 2.48 bits per heavy atom. The van der Waals surface area contributed by atoms with E-state index < -0.39 is 86.8 Å². The SMILES string of the molecule is Cn1cnc2ccc(Nc3c(F)ccc(N(OC(=O)C(F)(F)F)S(=O)(=O)N4CC(COC(F)F)C4)c3Cl)c(Cl)c2c1=O. The molecule has 20 heteroatoms. The molecular weight excluding hydrogens is 647 g/mol. The van der Waals surface area contributed by atoms with Gasteiger partial charge in [-0.1, -0.05) is 27.7 Å². The molecule has 1 fully saturated rings. The number of ether oxygens (including phenoxy) is 1. The van der Waals surface area contributed by atoms with Crippen molar-refractivity contribution in [2.75, 3.05) is 29.5 Å². The largest absolute Gasteiger partial charge is 0.493 e. The van der Waals surface area contributed by atoms with Crippen LogP contribution in [0.5, 0.6) is 0 Å². The predicted octanol–water partition coefficient (Wildman–Crippen LogP) is 4.37. The summed E-state index contributed by atoms with van der Waals surface area (Å²) in [5.41, 5.74) is -2.17. The molecule has 4 rings (SSSR count). The molecule has 1 saturated heterocycles. The van der Waals surface area contributed by atoms with Gasteiger partial charge in [0.1, 0.15) is 11.5 Å². The molecule has 0 amide bonds. The van der Waals surface area contributed by atoms with Crippen molar-refractivity contribution in [2.24, 2.45) is 13.0 Å². The first-order valence-corrected chi connectivity index (χ1v) is 13.6. The van der Waals surface area contributed by atoms with Gasteiger partial charge < -0.3 is 19.5 Å². The van der Waals surface area contributed by atoms with Crippen LogP contribution in [0, 0.1) is 11.7 Å². The molecular formula is C22H17Cl2F6N5O6S. The highest BCUT2D eigenvalue weighted by molar-refractivity contribution is 7.90. The molecule has 1 aromatic heterocycles. The van der Waals surface area contributed by atoms with E-state index in [0.717, 1.165) is 4.57 Å². The summed E-state index contributed by atoms with van der Waals surface area (Å²) in [5, 5.41) is 1.28. The summed E-state index contributed by atoms with van der Waals surface area (Å²) in [7, 11) is -3.75. The molecule has 0 radical (unpaired) electrons. The Hall–Kier alpha value is -3.32. The van der Waals surface area contributed by atoms with Crippen molar-refractivity contribution < 1.29 is 49.1 Å². The number of hydrogen-bond donors (Lipinski definition) is 1. The minimum Gasteiger partial charge on any atom is -0.351 e. The molecule has 11 nitrogen and oxygen atoms in total. The van der Waals surface area contributed by atoms with Crippen LogP contribution in [0.2, 0.25) is 10.0 Å². The lowest BCUT2D eigenvalue weighted by atomic mass is 10.1. The van der Waals surface area contributed by atoms with Gasteiger partial charge in [-0.3, -0.25) is 4.79 Å². The number of nitrogens with zero attached hydrogens (tertiary/aromatic N) is 4. The number of benzene rings is 2. The Balaban J connectivity index is 1.74. The zero-order valence-corrected chi connectivity index (χ0v) is 23.2. The van der Waals surface area contributed by atoms with Gasteiger partial charge in [0, 0.05) is 26.1 Å². The smallest absolute Gasteiger partial charge is 0.351 e. The van der Waals surface area contributed by atoms with Gasteiger partial charge in [-0.2, -0.15) is 34.7 Å². The van der Waals surface area contributed by atoms with Crippen LogP contribution in [0.25, 0.3) is 10.9 Å². The number of aryl methyl sites for hydroxylation is 1. The first-order valence-electron chi connectivity index (χ1n) is 11.4. The van der Waals surface area contributed by atoms with E-state index in [2.05, 4.69) is 19.9 Å². The second-order valence-electron chi connectivity index (χ2n) is 8.75. The first-order chi connectivity index (χ1) is 19.5. The molecule has 3 aromatic rings. The van der Waals surface area contributed by atoms with Crippen molar-refractivity contribution >= 4 is 67.3 Å². The topological polar surface area (TPSA) is 123 Å². The number of carbonyl (C=O) groups excluding carboxylic acids is 1. The van der Waals surface area contributed by atoms with Crippen molar-refractivity contribution in [1.29, 1.82) is 0 Å². The quantitative estimate of drug-likeness (QED) is 0.265. The van der Waals surface area contributed by atoms with E-state index in [1.165, 1.54) is 25.5 Å². The van der Waals surface area contributed by atoms with Crippen LogP contribution in [0.4, 0.5) is 43.4 Å². The molecule has 1 N–H and O–H groups in total. The van der Waals surface area contributed by atoms with Gasteiger partial charge in [-0.05, 0) is 24.3 Å². The highest BCUT2D eigenvalue weighted by Crippen LogP contribution is 2.41. The molecule has 0 spiro atoms. The summed E-state index contributed by atoms with van der Waals surface area (Å²) in [6.45, 7) is -4.69. The summed E-state index contributed by atoms with van der Waals surface area (Å²) in [4.78, 5) is 32.5. The monoisotopic (exact) mass is 663 g/mol. The van der Waals surface area contributed by atoms with Crippen LogP contribution in [0.1, 0.15) is 0 Å². The molecule has 2 heterocycles. The van der Waals surface area contributed by atoms with Gasteiger partial charge in [0.2, 0.25) is 0 Å². The number of hydrogen-bond acceptors (Lipinski definition) is 8. The second kappa shape index (κ2) is 11.8. The summed E-state index contributed by atoms with van der Waals surface area (Å²) < 4.78 is 110. The third-order valence-corrected chi connectivity index (χ3v) is 8.28. The molecule has 228 valence electrons. The summed E-state index contributed by atoms with van der Waals surface area (Å²) in [6.07, 6.45) is -4.43. The Kier molecular flexibility index (Phi) is 8.85. The number of halogens is 8. The maximum atomic E-state index is 14.9. The van der Waals surface area contributed by atoms with Crippen molar-refractivity contribution in [2.45, 2.75) is 12.8 Å². The normalized spacial score (nSPS) is 14.7. The van der Waals surface area contributed by atoms with E-state index in [0.29, 0.717) is 16.4 Å². The molecule has 0 aliphatic carbocycles. The van der Waals surface area contributed by atoms with Gasteiger partial charge in [-0.25, -0.2) is 14.2 Å². The van der Waals surface area contributed by atoms with E-state index in [4.69, 9.17) is 23.2 Å². The lowest BCUT2D eigenvalue weighted by Crippen LogP contribution is -2.57. The van der Waals surface area contributed by atoms with Gasteiger partial charge >= 0.3 is 29.0 Å². The zero-order chi connectivity index (χ0) is 31.1. The summed E-state index contributed by atoms with van der Waals surface area (Å²) in [5.74, 6) is -4.86. The third-order valence-electron chi connectivity index (χ3n) is 5.87. The highest BCUT2D eigenvalue weighted by Gasteiger charge is 2.48. The van der Waals surface area contributed by atoms with E-state index in [1.54, 1.807) is 0 Å². The number of anilines is 3. The second-order valence-corrected chi connectivity index (χ2v) is 11.3. The molecule has 42 heavy (non-hydrogen) atoms. The predicted molar refractivity (Wildman–Crippen MR) is 137 cm³/mol. The fraction of sp³-hybridized carbons (Fsp3) is 0.318. The van der Waals surface area contributed by atoms with Crippen molar-refractivity contribution in [3.63, 3.8) is 0 Å². The fourth-order valence-corrected chi connectivity index (χ4v) is 5.95. The zero-order valence-electron chi connectivity index (χ0n) is 20.8. The maximum absolute atomic E-state index is 14.9. The van der Waals surface area contributed by atoms with Crippen LogP contribution in [-0.4, -0.2) is 60.7 Å². The number of nitrogens with one attached hydrogen (secondary N) is 1. The molecule has 0 bridgehead atoms. The van der Waals surface area contributed by atoms with Crippen LogP contribution >= 0.6 is 23.2 Å². The minimum absolute atomic E-state index is 0.0779. The van der Waals surface area contributed by atoms with E-state index in [-0.39, 0.29) is 21.6 Å². The number of rotatable bonds is 9. The van der Waals surface area contributed by atoms with Crippen LogP contribution in [0.3, 0.4) is 0 Å². The van der Waals surface area contributed by atoms with Crippen LogP contribution < -0.4 is 15.3 Å². The number of aromatic nitrogens is 2. The minimum atomic E-state index is -5.66. The van der Waals surface area contributed by atoms with E-state index >= 15 is 0 Å². The fourth-order valence-electron chi connectivity index (χ4n) is 3.76. The van der Waals surface area contributed by atoms with Crippen LogP contribution in [0.15, 0.2) is 35.4 Å². The first kappa shape index (κ1) is 31.6. The molecule has 0 atom stereocenters. The van der Waals surface area contributed by atoms with Crippen molar-refractivity contribution in [3.05, 3.63) is 56.8 Å². The Morgan fingerprint density at radius 1 is 1.19 bits per heavy atom. The average molecular weight is 664 g/mol. The third kappa shape index (κ3) is 6.22. The molecule has 1 aliphatic heterocycles. The Morgan fingerprint density at radius 2 is 1.86 bits per heavy atom. The van der Waals surface area contributed by atoms with Crippen molar-refractivity contribution in [3.8, 4) is 0 Å². The Labute approximate surface area is 242 Å². The highest BCUT2D eigenvalue weighted by atomic mass is 35.5. The maximum Gasteiger partial charge on any atom is 0.493 e. The standard InChI is InChI=1S/C22H17Cl2F6N5O6S/c1-33-9-31-12-3-4-13(16(23)15(12)19(33)36)32-18-11(25)2-5-14(17(18)24)35(41-20(37)22(28,29)30)42(38,39)34-6-10(7-34)8-40-21(26)27/h2-5,9-10,21,32H,6-8H2,1H3. The van der Waals surface area contributed by atoms with Gasteiger partial charge in [0.15, 0.2) is 0 Å². The van der Waals surface area contributed by atoms with Gasteiger partial charge in [0.05, 0.1) is 45.3 Å². The number of carbonyl (C=O) groups is 1.